The maximum atomic E-state index is 13.0. The average Bonchev–Trinajstić information content (AvgIpc) is 3.03. The average molecular weight is 317 g/mol. The van der Waals surface area contributed by atoms with Crippen molar-refractivity contribution in [3.05, 3.63) is 52.6 Å². The van der Waals surface area contributed by atoms with Gasteiger partial charge in [0.1, 0.15) is 18.2 Å². The third-order valence-electron chi connectivity index (χ3n) is 3.88. The Morgan fingerprint density at radius 3 is 2.65 bits per heavy atom. The summed E-state index contributed by atoms with van der Waals surface area (Å²) in [5.74, 6) is 0.566. The summed E-state index contributed by atoms with van der Waals surface area (Å²) in [6, 6.07) is 6.49. The highest BCUT2D eigenvalue weighted by Crippen LogP contribution is 2.24. The van der Waals surface area contributed by atoms with E-state index in [2.05, 4.69) is 20.2 Å². The lowest BCUT2D eigenvalue weighted by Gasteiger charge is -2.18. The molecule has 0 amide bonds. The molecule has 1 N–H and O–H groups in total. The summed E-state index contributed by atoms with van der Waals surface area (Å²) in [6.07, 6.45) is 3.39. The van der Waals surface area contributed by atoms with Gasteiger partial charge in [0.25, 0.3) is 0 Å². The van der Waals surface area contributed by atoms with Gasteiger partial charge in [-0.25, -0.2) is 14.4 Å². The summed E-state index contributed by atoms with van der Waals surface area (Å²) < 4.78 is 13.0. The Hall–Kier alpha value is -2.77. The number of halogens is 1. The standard InChI is InChI=1S/C15H16FN5O2/c16-12-1-3-13(4-2-12)20-6-5-11(10-20)7-17-15-18-8-14(9-19-15)21(22)23/h1-4,8-9,11H,5-7,10H2,(H,17,18,19). The van der Waals surface area contributed by atoms with Crippen LogP contribution in [0.15, 0.2) is 36.7 Å². The number of nitro groups is 1. The van der Waals surface area contributed by atoms with Crippen LogP contribution in [0.25, 0.3) is 0 Å². The summed E-state index contributed by atoms with van der Waals surface area (Å²) in [7, 11) is 0. The van der Waals surface area contributed by atoms with E-state index in [9.17, 15) is 14.5 Å². The van der Waals surface area contributed by atoms with Crippen LogP contribution in [-0.4, -0.2) is 34.5 Å². The van der Waals surface area contributed by atoms with E-state index in [4.69, 9.17) is 0 Å². The van der Waals surface area contributed by atoms with Crippen LogP contribution in [0.2, 0.25) is 0 Å². The van der Waals surface area contributed by atoms with Crippen LogP contribution >= 0.6 is 0 Å². The number of hydrogen-bond acceptors (Lipinski definition) is 6. The van der Waals surface area contributed by atoms with Crippen molar-refractivity contribution in [2.75, 3.05) is 29.9 Å². The zero-order chi connectivity index (χ0) is 16.2. The first-order valence-electron chi connectivity index (χ1n) is 7.32. The maximum Gasteiger partial charge on any atom is 0.305 e. The van der Waals surface area contributed by atoms with Gasteiger partial charge in [0.2, 0.25) is 5.95 Å². The molecular weight excluding hydrogens is 301 g/mol. The van der Waals surface area contributed by atoms with Gasteiger partial charge in [-0.15, -0.1) is 0 Å². The molecule has 0 aliphatic carbocycles. The summed E-state index contributed by atoms with van der Waals surface area (Å²) in [4.78, 5) is 20.1. The van der Waals surface area contributed by atoms with Crippen molar-refractivity contribution in [2.45, 2.75) is 6.42 Å². The van der Waals surface area contributed by atoms with E-state index < -0.39 is 4.92 Å². The summed E-state index contributed by atoms with van der Waals surface area (Å²) >= 11 is 0. The first-order chi connectivity index (χ1) is 11.1. The van der Waals surface area contributed by atoms with Crippen molar-refractivity contribution in [1.29, 1.82) is 0 Å². The molecule has 1 aliphatic rings. The molecule has 8 heteroatoms. The summed E-state index contributed by atoms with van der Waals surface area (Å²) in [6.45, 7) is 2.47. The van der Waals surface area contributed by atoms with Gasteiger partial charge in [0, 0.05) is 25.3 Å². The zero-order valence-corrected chi connectivity index (χ0v) is 12.4. The Morgan fingerprint density at radius 2 is 2.00 bits per heavy atom. The van der Waals surface area contributed by atoms with Gasteiger partial charge >= 0.3 is 5.69 Å². The molecule has 120 valence electrons. The fraction of sp³-hybridized carbons (Fsp3) is 0.333. The molecule has 2 heterocycles. The molecule has 1 aromatic carbocycles. The number of aromatic nitrogens is 2. The highest BCUT2D eigenvalue weighted by molar-refractivity contribution is 5.47. The van der Waals surface area contributed by atoms with E-state index in [-0.39, 0.29) is 11.5 Å². The van der Waals surface area contributed by atoms with Crippen LogP contribution in [0, 0.1) is 21.8 Å². The second-order valence-corrected chi connectivity index (χ2v) is 5.48. The molecule has 0 saturated carbocycles. The minimum Gasteiger partial charge on any atom is -0.371 e. The van der Waals surface area contributed by atoms with Gasteiger partial charge in [-0.1, -0.05) is 0 Å². The van der Waals surface area contributed by atoms with Crippen LogP contribution in [0.5, 0.6) is 0 Å². The summed E-state index contributed by atoms with van der Waals surface area (Å²) in [5, 5.41) is 13.6. The number of hydrogen-bond donors (Lipinski definition) is 1. The van der Waals surface area contributed by atoms with E-state index in [1.807, 2.05) is 0 Å². The number of nitrogens with one attached hydrogen (secondary N) is 1. The minimum atomic E-state index is -0.526. The van der Waals surface area contributed by atoms with E-state index in [1.165, 1.54) is 24.5 Å². The molecule has 23 heavy (non-hydrogen) atoms. The molecular formula is C15H16FN5O2. The molecule has 7 nitrogen and oxygen atoms in total. The zero-order valence-electron chi connectivity index (χ0n) is 12.4. The molecule has 0 radical (unpaired) electrons. The Bertz CT molecular complexity index is 677. The Balaban J connectivity index is 1.52. The fourth-order valence-electron chi connectivity index (χ4n) is 2.63. The molecule has 1 atom stereocenters. The van der Waals surface area contributed by atoms with Crippen molar-refractivity contribution in [1.82, 2.24) is 9.97 Å². The van der Waals surface area contributed by atoms with Crippen molar-refractivity contribution in [3.8, 4) is 0 Å². The Kier molecular flexibility index (Phi) is 4.31. The van der Waals surface area contributed by atoms with Gasteiger partial charge in [-0.2, -0.15) is 0 Å². The lowest BCUT2D eigenvalue weighted by molar-refractivity contribution is -0.385. The third kappa shape index (κ3) is 3.71. The topological polar surface area (TPSA) is 84.2 Å². The summed E-state index contributed by atoms with van der Waals surface area (Å²) in [5.41, 5.74) is 0.888. The molecule has 1 aliphatic heterocycles. The molecule has 1 unspecified atom stereocenters. The van der Waals surface area contributed by atoms with Gasteiger partial charge < -0.3 is 10.2 Å². The highest BCUT2D eigenvalue weighted by atomic mass is 19.1. The lowest BCUT2D eigenvalue weighted by Crippen LogP contribution is -2.22. The highest BCUT2D eigenvalue weighted by Gasteiger charge is 2.22. The van der Waals surface area contributed by atoms with E-state index in [0.717, 1.165) is 25.2 Å². The molecule has 1 aromatic heterocycles. The fourth-order valence-corrected chi connectivity index (χ4v) is 2.63. The van der Waals surface area contributed by atoms with Crippen LogP contribution in [0.3, 0.4) is 0 Å². The van der Waals surface area contributed by atoms with Crippen LogP contribution in [0.4, 0.5) is 21.7 Å². The lowest BCUT2D eigenvalue weighted by atomic mass is 10.1. The maximum absolute atomic E-state index is 13.0. The van der Waals surface area contributed by atoms with Crippen LogP contribution in [0.1, 0.15) is 6.42 Å². The van der Waals surface area contributed by atoms with Crippen molar-refractivity contribution < 1.29 is 9.31 Å². The van der Waals surface area contributed by atoms with Crippen LogP contribution in [-0.2, 0) is 0 Å². The second kappa shape index (κ2) is 6.55. The van der Waals surface area contributed by atoms with Gasteiger partial charge in [0.15, 0.2) is 0 Å². The number of rotatable bonds is 5. The first-order valence-corrected chi connectivity index (χ1v) is 7.32. The van der Waals surface area contributed by atoms with E-state index in [0.29, 0.717) is 18.4 Å². The smallest absolute Gasteiger partial charge is 0.305 e. The van der Waals surface area contributed by atoms with Crippen molar-refractivity contribution in [2.24, 2.45) is 5.92 Å². The van der Waals surface area contributed by atoms with Crippen molar-refractivity contribution in [3.63, 3.8) is 0 Å². The van der Waals surface area contributed by atoms with Gasteiger partial charge in [-0.05, 0) is 36.6 Å². The predicted molar refractivity (Wildman–Crippen MR) is 83.9 cm³/mol. The normalized spacial score (nSPS) is 17.3. The van der Waals surface area contributed by atoms with E-state index in [1.54, 1.807) is 12.1 Å². The largest absolute Gasteiger partial charge is 0.371 e. The minimum absolute atomic E-state index is 0.126. The number of benzene rings is 1. The Morgan fingerprint density at radius 1 is 1.30 bits per heavy atom. The van der Waals surface area contributed by atoms with Crippen LogP contribution < -0.4 is 10.2 Å². The molecule has 0 spiro atoms. The second-order valence-electron chi connectivity index (χ2n) is 5.48. The molecule has 1 fully saturated rings. The number of anilines is 2. The quantitative estimate of drug-likeness (QED) is 0.673. The Labute approximate surface area is 132 Å². The third-order valence-corrected chi connectivity index (χ3v) is 3.88. The van der Waals surface area contributed by atoms with Gasteiger partial charge in [-0.3, -0.25) is 10.1 Å². The first kappa shape index (κ1) is 15.1. The number of nitrogens with zero attached hydrogens (tertiary/aromatic N) is 4. The predicted octanol–water partition coefficient (Wildman–Crippen LogP) is 2.46. The van der Waals surface area contributed by atoms with Crippen molar-refractivity contribution >= 4 is 17.3 Å². The molecule has 3 rings (SSSR count). The van der Waals surface area contributed by atoms with E-state index >= 15 is 0 Å². The monoisotopic (exact) mass is 317 g/mol. The SMILES string of the molecule is O=[N+]([O-])c1cnc(NCC2CCN(c3ccc(F)cc3)C2)nc1. The molecule has 0 bridgehead atoms. The molecule has 2 aromatic rings. The van der Waals surface area contributed by atoms with Gasteiger partial charge in [0.05, 0.1) is 4.92 Å². The molecule has 1 saturated heterocycles.